The van der Waals surface area contributed by atoms with E-state index in [4.69, 9.17) is 14.5 Å². The Hall–Kier alpha value is -4.05. The van der Waals surface area contributed by atoms with Crippen molar-refractivity contribution >= 4 is 41.8 Å². The predicted octanol–water partition coefficient (Wildman–Crippen LogP) is 2.93. The van der Waals surface area contributed by atoms with Gasteiger partial charge in [-0.15, -0.1) is 0 Å². The maximum atomic E-state index is 13.8. The Morgan fingerprint density at radius 2 is 1.80 bits per heavy atom. The molecule has 14 nitrogen and oxygen atoms in total. The van der Waals surface area contributed by atoms with Gasteiger partial charge in [-0.1, -0.05) is 6.07 Å². The van der Waals surface area contributed by atoms with Gasteiger partial charge in [-0.3, -0.25) is 14.0 Å². The summed E-state index contributed by atoms with van der Waals surface area (Å²) in [6.07, 6.45) is 6.16. The van der Waals surface area contributed by atoms with E-state index in [9.17, 15) is 18.1 Å². The summed E-state index contributed by atoms with van der Waals surface area (Å²) in [5.41, 5.74) is 0.981. The van der Waals surface area contributed by atoms with E-state index in [2.05, 4.69) is 40.9 Å². The van der Waals surface area contributed by atoms with Gasteiger partial charge in [0.05, 0.1) is 36.3 Å². The highest BCUT2D eigenvalue weighted by atomic mass is 31.2. The maximum Gasteiger partial charge on any atom is 0.469 e. The zero-order chi connectivity index (χ0) is 31.4. The number of anilines is 3. The molecule has 1 amide bonds. The van der Waals surface area contributed by atoms with Crippen LogP contribution in [-0.2, 0) is 20.4 Å². The van der Waals surface area contributed by atoms with Crippen LogP contribution in [-0.4, -0.2) is 74.8 Å². The summed E-state index contributed by atoms with van der Waals surface area (Å²) in [6, 6.07) is 9.02. The van der Waals surface area contributed by atoms with Gasteiger partial charge in [-0.25, -0.2) is 23.3 Å². The number of nitrogens with one attached hydrogen (secondary N) is 4. The first-order chi connectivity index (χ1) is 21.2. The van der Waals surface area contributed by atoms with Crippen molar-refractivity contribution in [3.05, 3.63) is 66.8 Å². The SMILES string of the molecule is O=C(Cn1cc(Nc2ncnc3cc(OCCCNCCCNCCOP(=O)(O)O)ccc23)cn1)Nc1cccc(F)c1F. The molecule has 2 aromatic heterocycles. The third kappa shape index (κ3) is 10.6. The molecule has 2 aromatic carbocycles. The molecule has 2 heterocycles. The number of ether oxygens (including phenoxy) is 1. The number of carbonyl (C=O) groups is 1. The van der Waals surface area contributed by atoms with Gasteiger partial charge >= 0.3 is 7.82 Å². The van der Waals surface area contributed by atoms with E-state index in [0.29, 0.717) is 42.5 Å². The molecule has 0 radical (unpaired) electrons. The van der Waals surface area contributed by atoms with Gasteiger partial charge in [-0.2, -0.15) is 5.10 Å². The normalized spacial score (nSPS) is 11.5. The standard InChI is InChI=1S/C27H33F2N8O6P/c28-22-4-1-5-23(26(22)29)36-25(38)17-37-16-19(15-34-37)35-27-21-7-6-20(14-24(21)32-18-33-27)42-12-3-10-30-8-2-9-31-11-13-43-44(39,40)41/h1,4-7,14-16,18,30-31H,2-3,8-13,17H2,(H,36,38)(H,32,33,35)(H2,39,40,41). The first kappa shape index (κ1) is 32.9. The van der Waals surface area contributed by atoms with Gasteiger partial charge in [0, 0.05) is 24.2 Å². The van der Waals surface area contributed by atoms with E-state index in [1.165, 1.54) is 29.3 Å². The third-order valence-electron chi connectivity index (χ3n) is 6.05. The Labute approximate surface area is 251 Å². The van der Waals surface area contributed by atoms with Crippen LogP contribution in [0, 0.1) is 11.6 Å². The number of hydrogen-bond acceptors (Lipinski definition) is 10. The average molecular weight is 635 g/mol. The molecule has 0 saturated heterocycles. The van der Waals surface area contributed by atoms with E-state index in [0.717, 1.165) is 37.4 Å². The molecule has 6 N–H and O–H groups in total. The predicted molar refractivity (Wildman–Crippen MR) is 158 cm³/mol. The number of phosphoric ester groups is 1. The molecular formula is C27H33F2N8O6P. The lowest BCUT2D eigenvalue weighted by Gasteiger charge is -2.10. The van der Waals surface area contributed by atoms with Crippen LogP contribution in [0.3, 0.4) is 0 Å². The molecule has 0 aliphatic carbocycles. The Bertz CT molecular complexity index is 1590. The topological polar surface area (TPSA) is 185 Å². The molecule has 0 aliphatic rings. The number of amides is 1. The van der Waals surface area contributed by atoms with E-state index in [-0.39, 0.29) is 18.8 Å². The summed E-state index contributed by atoms with van der Waals surface area (Å²) in [7, 11) is -4.41. The molecule has 0 atom stereocenters. The molecule has 0 fully saturated rings. The first-order valence-electron chi connectivity index (χ1n) is 13.7. The fourth-order valence-corrected chi connectivity index (χ4v) is 4.36. The van der Waals surface area contributed by atoms with E-state index < -0.39 is 25.4 Å². The van der Waals surface area contributed by atoms with Crippen molar-refractivity contribution in [3.8, 4) is 5.75 Å². The summed E-state index contributed by atoms with van der Waals surface area (Å²) < 4.78 is 49.4. The molecular weight excluding hydrogens is 601 g/mol. The van der Waals surface area contributed by atoms with Gasteiger partial charge in [-0.05, 0) is 56.7 Å². The Balaban J connectivity index is 1.17. The highest BCUT2D eigenvalue weighted by Crippen LogP contribution is 2.35. The highest BCUT2D eigenvalue weighted by Gasteiger charge is 2.13. The van der Waals surface area contributed by atoms with Crippen LogP contribution in [0.4, 0.5) is 26.0 Å². The lowest BCUT2D eigenvalue weighted by molar-refractivity contribution is -0.116. The van der Waals surface area contributed by atoms with Crippen LogP contribution in [0.2, 0.25) is 0 Å². The van der Waals surface area contributed by atoms with Gasteiger partial charge in [0.1, 0.15) is 24.4 Å². The lowest BCUT2D eigenvalue weighted by Crippen LogP contribution is -2.25. The molecule has 0 saturated carbocycles. The van der Waals surface area contributed by atoms with Gasteiger partial charge < -0.3 is 35.8 Å². The number of halogens is 2. The highest BCUT2D eigenvalue weighted by molar-refractivity contribution is 7.46. The Kier molecular flexibility index (Phi) is 12.1. The second-order valence-corrected chi connectivity index (χ2v) is 10.7. The molecule has 0 bridgehead atoms. The molecule has 4 aromatic rings. The van der Waals surface area contributed by atoms with Crippen molar-refractivity contribution < 1.29 is 37.2 Å². The van der Waals surface area contributed by atoms with Crippen molar-refractivity contribution in [2.75, 3.05) is 50.0 Å². The lowest BCUT2D eigenvalue weighted by atomic mass is 10.2. The van der Waals surface area contributed by atoms with Crippen LogP contribution in [0.15, 0.2) is 55.1 Å². The maximum absolute atomic E-state index is 13.8. The minimum absolute atomic E-state index is 0.0488. The summed E-state index contributed by atoms with van der Waals surface area (Å²) in [5.74, 6) is -1.56. The minimum atomic E-state index is -4.41. The molecule has 44 heavy (non-hydrogen) atoms. The minimum Gasteiger partial charge on any atom is -0.493 e. The summed E-state index contributed by atoms with van der Waals surface area (Å²) in [5, 5.41) is 16.7. The van der Waals surface area contributed by atoms with Crippen molar-refractivity contribution in [1.82, 2.24) is 30.4 Å². The third-order valence-corrected chi connectivity index (χ3v) is 6.57. The largest absolute Gasteiger partial charge is 0.493 e. The van der Waals surface area contributed by atoms with Crippen LogP contribution in [0.1, 0.15) is 12.8 Å². The number of rotatable bonds is 18. The number of benzene rings is 2. The number of aromatic nitrogens is 4. The van der Waals surface area contributed by atoms with E-state index in [1.54, 1.807) is 6.20 Å². The number of phosphoric acid groups is 1. The molecule has 236 valence electrons. The Morgan fingerprint density at radius 3 is 2.61 bits per heavy atom. The smallest absolute Gasteiger partial charge is 0.469 e. The molecule has 17 heteroatoms. The first-order valence-corrected chi connectivity index (χ1v) is 15.2. The summed E-state index contributed by atoms with van der Waals surface area (Å²) in [6.45, 7) is 2.86. The quantitative estimate of drug-likeness (QED) is 0.0696. The average Bonchev–Trinajstić information content (AvgIpc) is 3.41. The van der Waals surface area contributed by atoms with Crippen LogP contribution in [0.25, 0.3) is 10.9 Å². The van der Waals surface area contributed by atoms with E-state index >= 15 is 0 Å². The second kappa shape index (κ2) is 16.1. The van der Waals surface area contributed by atoms with Crippen molar-refractivity contribution in [3.63, 3.8) is 0 Å². The molecule has 0 unspecified atom stereocenters. The molecule has 0 aliphatic heterocycles. The van der Waals surface area contributed by atoms with Crippen molar-refractivity contribution in [2.24, 2.45) is 0 Å². The van der Waals surface area contributed by atoms with E-state index in [1.807, 2.05) is 18.2 Å². The number of fused-ring (bicyclic) bond motifs is 1. The monoisotopic (exact) mass is 634 g/mol. The van der Waals surface area contributed by atoms with Crippen LogP contribution >= 0.6 is 7.82 Å². The van der Waals surface area contributed by atoms with Crippen molar-refractivity contribution in [2.45, 2.75) is 19.4 Å². The fourth-order valence-electron chi connectivity index (χ4n) is 4.03. The number of carbonyl (C=O) groups excluding carboxylic acids is 1. The Morgan fingerprint density at radius 1 is 1.00 bits per heavy atom. The second-order valence-electron chi connectivity index (χ2n) is 9.48. The summed E-state index contributed by atoms with van der Waals surface area (Å²) >= 11 is 0. The molecule has 0 spiro atoms. The zero-order valence-electron chi connectivity index (χ0n) is 23.6. The summed E-state index contributed by atoms with van der Waals surface area (Å²) in [4.78, 5) is 38.2. The number of hydrogen-bond donors (Lipinski definition) is 6. The zero-order valence-corrected chi connectivity index (χ0v) is 24.5. The molecule has 4 rings (SSSR count). The van der Waals surface area contributed by atoms with Crippen LogP contribution in [0.5, 0.6) is 5.75 Å². The van der Waals surface area contributed by atoms with Gasteiger partial charge in [0.25, 0.3) is 0 Å². The van der Waals surface area contributed by atoms with Crippen molar-refractivity contribution in [1.29, 1.82) is 0 Å². The van der Waals surface area contributed by atoms with Crippen LogP contribution < -0.4 is 26.0 Å². The number of nitrogens with zero attached hydrogens (tertiary/aromatic N) is 4. The fraction of sp³-hybridized carbons (Fsp3) is 0.333. The van der Waals surface area contributed by atoms with Gasteiger partial charge in [0.15, 0.2) is 11.6 Å². The van der Waals surface area contributed by atoms with Gasteiger partial charge in [0.2, 0.25) is 5.91 Å².